The van der Waals surface area contributed by atoms with Crippen molar-refractivity contribution in [2.45, 2.75) is 65.6 Å². The number of rotatable bonds is 11. The molecule has 1 aromatic heterocycles. The number of nitrogens with one attached hydrogen (secondary N) is 2. The van der Waals surface area contributed by atoms with Crippen LogP contribution in [-0.4, -0.2) is 54.7 Å². The normalized spacial score (nSPS) is 14.9. The molecule has 1 aliphatic rings. The van der Waals surface area contributed by atoms with E-state index in [2.05, 4.69) is 53.2 Å². The summed E-state index contributed by atoms with van der Waals surface area (Å²) in [4.78, 5) is 11.1. The summed E-state index contributed by atoms with van der Waals surface area (Å²) in [5.41, 5.74) is 1.14. The zero-order valence-electron chi connectivity index (χ0n) is 17.7. The summed E-state index contributed by atoms with van der Waals surface area (Å²) in [6.07, 6.45) is 5.47. The second-order valence-electron chi connectivity index (χ2n) is 7.89. The maximum atomic E-state index is 5.75. The predicted octanol–water partition coefficient (Wildman–Crippen LogP) is 3.04. The zero-order valence-corrected chi connectivity index (χ0v) is 17.7. The van der Waals surface area contributed by atoms with Crippen LogP contribution in [0.3, 0.4) is 0 Å². The summed E-state index contributed by atoms with van der Waals surface area (Å²) in [6, 6.07) is 5.16. The molecule has 0 aliphatic heterocycles. The van der Waals surface area contributed by atoms with Gasteiger partial charge in [-0.1, -0.05) is 0 Å². The lowest BCUT2D eigenvalue weighted by Crippen LogP contribution is -2.41. The van der Waals surface area contributed by atoms with E-state index in [1.807, 2.05) is 18.3 Å². The second kappa shape index (κ2) is 11.1. The smallest absolute Gasteiger partial charge is 0.213 e. The van der Waals surface area contributed by atoms with E-state index in [4.69, 9.17) is 4.74 Å². The fourth-order valence-electron chi connectivity index (χ4n) is 3.11. The summed E-state index contributed by atoms with van der Waals surface area (Å²) in [7, 11) is 1.81. The highest BCUT2D eigenvalue weighted by Gasteiger charge is 2.22. The SMILES string of the molecule is CN=C(NCCCN(C(C)C)C(C)C)NCc1ccnc(OCC2CC2)c1. The third-order valence-corrected chi connectivity index (χ3v) is 4.86. The van der Waals surface area contributed by atoms with Crippen LogP contribution in [-0.2, 0) is 6.54 Å². The number of hydrogen-bond acceptors (Lipinski definition) is 4. The van der Waals surface area contributed by atoms with Crippen LogP contribution in [0.4, 0.5) is 0 Å². The van der Waals surface area contributed by atoms with Crippen LogP contribution >= 0.6 is 0 Å². The number of aromatic nitrogens is 1. The first-order valence-corrected chi connectivity index (χ1v) is 10.3. The van der Waals surface area contributed by atoms with Gasteiger partial charge in [0.25, 0.3) is 0 Å². The van der Waals surface area contributed by atoms with Crippen LogP contribution in [0.15, 0.2) is 23.3 Å². The second-order valence-corrected chi connectivity index (χ2v) is 7.89. The molecule has 1 heterocycles. The first-order valence-electron chi connectivity index (χ1n) is 10.3. The molecule has 1 saturated carbocycles. The van der Waals surface area contributed by atoms with Gasteiger partial charge >= 0.3 is 0 Å². The summed E-state index contributed by atoms with van der Waals surface area (Å²) >= 11 is 0. The van der Waals surface area contributed by atoms with Gasteiger partial charge in [0.1, 0.15) is 0 Å². The minimum absolute atomic E-state index is 0.574. The van der Waals surface area contributed by atoms with Gasteiger partial charge in [0.2, 0.25) is 5.88 Å². The molecule has 0 unspecified atom stereocenters. The fraction of sp³-hybridized carbons (Fsp3) is 0.714. The minimum Gasteiger partial charge on any atom is -0.477 e. The average Bonchev–Trinajstić information content (AvgIpc) is 3.46. The van der Waals surface area contributed by atoms with Gasteiger partial charge in [-0.2, -0.15) is 0 Å². The Bertz CT molecular complexity index is 576. The molecule has 2 rings (SSSR count). The molecule has 0 atom stereocenters. The molecular weight excluding hydrogens is 338 g/mol. The lowest BCUT2D eigenvalue weighted by atomic mass is 10.2. The monoisotopic (exact) mass is 375 g/mol. The Morgan fingerprint density at radius 2 is 2.00 bits per heavy atom. The standard InChI is InChI=1S/C21H37N5O/c1-16(2)26(17(3)4)12-6-10-24-21(22-5)25-14-19-9-11-23-20(13-19)27-15-18-7-8-18/h9,11,13,16-18H,6-8,10,12,14-15H2,1-5H3,(H2,22,24,25). The number of hydrogen-bond donors (Lipinski definition) is 2. The van der Waals surface area contributed by atoms with Crippen LogP contribution in [0.1, 0.15) is 52.5 Å². The Kier molecular flexibility index (Phi) is 8.85. The van der Waals surface area contributed by atoms with Crippen LogP contribution < -0.4 is 15.4 Å². The molecule has 0 radical (unpaired) electrons. The molecule has 2 N–H and O–H groups in total. The molecular formula is C21H37N5O. The van der Waals surface area contributed by atoms with Crippen LogP contribution in [0.5, 0.6) is 5.88 Å². The van der Waals surface area contributed by atoms with E-state index in [1.165, 1.54) is 12.8 Å². The molecule has 1 fully saturated rings. The predicted molar refractivity (Wildman–Crippen MR) is 112 cm³/mol. The van der Waals surface area contributed by atoms with Crippen molar-refractivity contribution < 1.29 is 4.74 Å². The van der Waals surface area contributed by atoms with E-state index in [-0.39, 0.29) is 0 Å². The van der Waals surface area contributed by atoms with Crippen molar-refractivity contribution in [2.75, 3.05) is 26.7 Å². The molecule has 6 nitrogen and oxygen atoms in total. The van der Waals surface area contributed by atoms with Crippen molar-refractivity contribution in [1.82, 2.24) is 20.5 Å². The van der Waals surface area contributed by atoms with Gasteiger partial charge in [-0.05, 0) is 64.5 Å². The van der Waals surface area contributed by atoms with Crippen molar-refractivity contribution in [3.8, 4) is 5.88 Å². The topological polar surface area (TPSA) is 61.8 Å². The van der Waals surface area contributed by atoms with E-state index in [0.29, 0.717) is 24.5 Å². The van der Waals surface area contributed by atoms with Crippen molar-refractivity contribution in [3.05, 3.63) is 23.9 Å². The molecule has 0 spiro atoms. The minimum atomic E-state index is 0.574. The summed E-state index contributed by atoms with van der Waals surface area (Å²) in [5.74, 6) is 2.28. The molecule has 152 valence electrons. The lowest BCUT2D eigenvalue weighted by molar-refractivity contribution is 0.173. The van der Waals surface area contributed by atoms with Gasteiger partial charge in [0.15, 0.2) is 5.96 Å². The van der Waals surface area contributed by atoms with Crippen LogP contribution in [0.2, 0.25) is 0 Å². The molecule has 1 aromatic rings. The van der Waals surface area contributed by atoms with Crippen molar-refractivity contribution in [2.24, 2.45) is 10.9 Å². The molecule has 1 aliphatic carbocycles. The first kappa shape index (κ1) is 21.5. The number of nitrogens with zero attached hydrogens (tertiary/aromatic N) is 3. The Morgan fingerprint density at radius 1 is 1.26 bits per heavy atom. The fourth-order valence-corrected chi connectivity index (χ4v) is 3.11. The summed E-state index contributed by atoms with van der Waals surface area (Å²) in [5, 5.41) is 6.77. The van der Waals surface area contributed by atoms with Crippen LogP contribution in [0.25, 0.3) is 0 Å². The maximum Gasteiger partial charge on any atom is 0.213 e. The number of guanidine groups is 1. The Labute approximate surface area is 164 Å². The van der Waals surface area contributed by atoms with Gasteiger partial charge in [-0.15, -0.1) is 0 Å². The highest BCUT2D eigenvalue weighted by Crippen LogP contribution is 2.29. The van der Waals surface area contributed by atoms with E-state index in [1.54, 1.807) is 7.05 Å². The molecule has 27 heavy (non-hydrogen) atoms. The van der Waals surface area contributed by atoms with E-state index >= 15 is 0 Å². The molecule has 0 amide bonds. The largest absolute Gasteiger partial charge is 0.477 e. The molecule has 0 bridgehead atoms. The number of aliphatic imine (C=N–C) groups is 1. The molecule has 0 aromatic carbocycles. The summed E-state index contributed by atoms with van der Waals surface area (Å²) in [6.45, 7) is 12.5. The van der Waals surface area contributed by atoms with E-state index in [9.17, 15) is 0 Å². The lowest BCUT2D eigenvalue weighted by Gasteiger charge is -2.30. The third kappa shape index (κ3) is 8.16. The zero-order chi connectivity index (χ0) is 19.6. The average molecular weight is 376 g/mol. The number of ether oxygens (including phenoxy) is 1. The quantitative estimate of drug-likeness (QED) is 0.354. The summed E-state index contributed by atoms with van der Waals surface area (Å²) < 4.78 is 5.75. The van der Waals surface area contributed by atoms with E-state index in [0.717, 1.165) is 43.6 Å². The van der Waals surface area contributed by atoms with Crippen molar-refractivity contribution >= 4 is 5.96 Å². The molecule has 0 saturated heterocycles. The van der Waals surface area contributed by atoms with E-state index < -0.39 is 0 Å². The highest BCUT2D eigenvalue weighted by atomic mass is 16.5. The van der Waals surface area contributed by atoms with Gasteiger partial charge in [0, 0.05) is 51.0 Å². The third-order valence-electron chi connectivity index (χ3n) is 4.86. The maximum absolute atomic E-state index is 5.75. The van der Waals surface area contributed by atoms with Gasteiger partial charge in [-0.25, -0.2) is 4.98 Å². The Hall–Kier alpha value is -1.82. The number of pyridine rings is 1. The molecule has 6 heteroatoms. The van der Waals surface area contributed by atoms with Crippen molar-refractivity contribution in [3.63, 3.8) is 0 Å². The first-order chi connectivity index (χ1) is 13.0. The van der Waals surface area contributed by atoms with Gasteiger partial charge in [-0.3, -0.25) is 9.89 Å². The highest BCUT2D eigenvalue weighted by molar-refractivity contribution is 5.79. The Morgan fingerprint density at radius 3 is 2.63 bits per heavy atom. The van der Waals surface area contributed by atoms with Crippen molar-refractivity contribution in [1.29, 1.82) is 0 Å². The van der Waals surface area contributed by atoms with Gasteiger partial charge in [0.05, 0.1) is 6.61 Å². The van der Waals surface area contributed by atoms with Gasteiger partial charge < -0.3 is 15.4 Å². The van der Waals surface area contributed by atoms with Crippen LogP contribution in [0, 0.1) is 5.92 Å². The Balaban J connectivity index is 1.69.